The highest BCUT2D eigenvalue weighted by Crippen LogP contribution is 2.32. The molecular formula is C25H39N5O2. The van der Waals surface area contributed by atoms with E-state index in [1.807, 2.05) is 16.7 Å². The highest BCUT2D eigenvalue weighted by atomic mass is 16.2. The van der Waals surface area contributed by atoms with Crippen molar-refractivity contribution in [2.45, 2.75) is 78.1 Å². The fourth-order valence-corrected chi connectivity index (χ4v) is 5.22. The molecule has 0 spiro atoms. The molecule has 7 nitrogen and oxygen atoms in total. The van der Waals surface area contributed by atoms with E-state index in [0.29, 0.717) is 31.8 Å². The normalized spacial score (nSPS) is 21.6. The Balaban J connectivity index is 1.40. The minimum atomic E-state index is 0.158. The van der Waals surface area contributed by atoms with Crippen molar-refractivity contribution < 1.29 is 9.59 Å². The number of rotatable bonds is 8. The van der Waals surface area contributed by atoms with E-state index in [2.05, 4.69) is 18.7 Å². The highest BCUT2D eigenvalue weighted by Gasteiger charge is 2.33. The monoisotopic (exact) mass is 441 g/mol. The highest BCUT2D eigenvalue weighted by molar-refractivity contribution is 5.95. The predicted molar refractivity (Wildman–Crippen MR) is 126 cm³/mol. The van der Waals surface area contributed by atoms with Crippen LogP contribution in [-0.2, 0) is 16.0 Å². The van der Waals surface area contributed by atoms with E-state index < -0.39 is 0 Å². The molecule has 4 heterocycles. The number of likely N-dealkylation sites (tertiary alicyclic amines) is 2. The maximum Gasteiger partial charge on any atom is 0.228 e. The Kier molecular flexibility index (Phi) is 7.44. The molecule has 1 aromatic heterocycles. The summed E-state index contributed by atoms with van der Waals surface area (Å²) in [5.41, 5.74) is 2.10. The lowest BCUT2D eigenvalue weighted by atomic mass is 10.0. The molecule has 0 bridgehead atoms. The molecule has 3 aliphatic heterocycles. The number of hydrogen-bond donors (Lipinski definition) is 0. The van der Waals surface area contributed by atoms with Gasteiger partial charge in [-0.3, -0.25) is 14.5 Å². The molecule has 0 aromatic carbocycles. The van der Waals surface area contributed by atoms with E-state index >= 15 is 0 Å². The first-order valence-electron chi connectivity index (χ1n) is 12.6. The van der Waals surface area contributed by atoms with Gasteiger partial charge >= 0.3 is 0 Å². The molecule has 2 amide bonds. The first-order chi connectivity index (χ1) is 15.4. The molecule has 2 fully saturated rings. The molecule has 2 saturated heterocycles. The molecule has 176 valence electrons. The summed E-state index contributed by atoms with van der Waals surface area (Å²) in [7, 11) is 0. The van der Waals surface area contributed by atoms with Crippen molar-refractivity contribution >= 4 is 17.6 Å². The van der Waals surface area contributed by atoms with E-state index in [4.69, 9.17) is 9.97 Å². The average Bonchev–Trinajstić information content (AvgIpc) is 3.45. The summed E-state index contributed by atoms with van der Waals surface area (Å²) in [5, 5.41) is 0. The Hall–Kier alpha value is -2.02. The van der Waals surface area contributed by atoms with Gasteiger partial charge in [-0.15, -0.1) is 0 Å². The SMILES string of the molecule is Cc1nc([C@H]2CCN(C(=O)CCCN3CCCC3)C2)nc2c1CCC(=O)N2CCC(C)C. The lowest BCUT2D eigenvalue weighted by molar-refractivity contribution is -0.130. The third-order valence-corrected chi connectivity index (χ3v) is 7.25. The van der Waals surface area contributed by atoms with Crippen LogP contribution in [-0.4, -0.2) is 70.9 Å². The zero-order valence-corrected chi connectivity index (χ0v) is 20.1. The molecule has 0 radical (unpaired) electrons. The summed E-state index contributed by atoms with van der Waals surface area (Å²) >= 11 is 0. The summed E-state index contributed by atoms with van der Waals surface area (Å²) in [4.78, 5) is 41.5. The van der Waals surface area contributed by atoms with Crippen molar-refractivity contribution in [2.75, 3.05) is 44.2 Å². The summed E-state index contributed by atoms with van der Waals surface area (Å²) in [6.07, 6.45) is 7.29. The number of carbonyl (C=O) groups is 2. The van der Waals surface area contributed by atoms with Gasteiger partial charge in [-0.05, 0) is 71.0 Å². The smallest absolute Gasteiger partial charge is 0.228 e. The van der Waals surface area contributed by atoms with Crippen molar-refractivity contribution in [2.24, 2.45) is 5.92 Å². The lowest BCUT2D eigenvalue weighted by Gasteiger charge is -2.30. The van der Waals surface area contributed by atoms with Crippen molar-refractivity contribution in [3.63, 3.8) is 0 Å². The summed E-state index contributed by atoms with van der Waals surface area (Å²) in [5.74, 6) is 2.75. The van der Waals surface area contributed by atoms with Gasteiger partial charge in [0.15, 0.2) is 0 Å². The number of aryl methyl sites for hydroxylation is 1. The van der Waals surface area contributed by atoms with Crippen LogP contribution in [0, 0.1) is 12.8 Å². The summed E-state index contributed by atoms with van der Waals surface area (Å²) in [6, 6.07) is 0. The maximum atomic E-state index is 12.8. The first-order valence-corrected chi connectivity index (χ1v) is 12.6. The summed E-state index contributed by atoms with van der Waals surface area (Å²) in [6.45, 7) is 12.0. The minimum absolute atomic E-state index is 0.158. The van der Waals surface area contributed by atoms with E-state index in [1.165, 1.54) is 25.9 Å². The van der Waals surface area contributed by atoms with Crippen LogP contribution in [0.4, 0.5) is 5.82 Å². The fourth-order valence-electron chi connectivity index (χ4n) is 5.22. The number of fused-ring (bicyclic) bond motifs is 1. The fraction of sp³-hybridized carbons (Fsp3) is 0.760. The molecule has 0 N–H and O–H groups in total. The van der Waals surface area contributed by atoms with Gasteiger partial charge in [0.2, 0.25) is 11.8 Å². The van der Waals surface area contributed by atoms with Crippen LogP contribution in [0.15, 0.2) is 0 Å². The first kappa shape index (κ1) is 23.1. The molecule has 3 aliphatic rings. The lowest BCUT2D eigenvalue weighted by Crippen LogP contribution is -2.38. The quantitative estimate of drug-likeness (QED) is 0.619. The number of anilines is 1. The van der Waals surface area contributed by atoms with Gasteiger partial charge in [-0.25, -0.2) is 9.97 Å². The largest absolute Gasteiger partial charge is 0.342 e. The van der Waals surface area contributed by atoms with E-state index in [-0.39, 0.29) is 17.7 Å². The van der Waals surface area contributed by atoms with Gasteiger partial charge in [0.05, 0.1) is 0 Å². The second kappa shape index (κ2) is 10.3. The van der Waals surface area contributed by atoms with Crippen molar-refractivity contribution in [3.05, 3.63) is 17.1 Å². The number of nitrogens with zero attached hydrogens (tertiary/aromatic N) is 5. The van der Waals surface area contributed by atoms with E-state index in [0.717, 1.165) is 61.7 Å². The molecule has 0 unspecified atom stereocenters. The van der Waals surface area contributed by atoms with Crippen LogP contribution in [0.5, 0.6) is 0 Å². The molecular weight excluding hydrogens is 402 g/mol. The van der Waals surface area contributed by atoms with Crippen molar-refractivity contribution in [1.82, 2.24) is 19.8 Å². The van der Waals surface area contributed by atoms with Crippen LogP contribution < -0.4 is 4.90 Å². The maximum absolute atomic E-state index is 12.8. The topological polar surface area (TPSA) is 69.6 Å². The van der Waals surface area contributed by atoms with Gasteiger partial charge in [-0.2, -0.15) is 0 Å². The standard InChI is InChI=1S/C25H39N5O2/c1-18(2)10-16-30-23(32)9-8-21-19(3)26-24(27-25(21)30)20-11-15-29(17-20)22(31)7-6-14-28-12-4-5-13-28/h18,20H,4-17H2,1-3H3/t20-/m0/s1. The third-order valence-electron chi connectivity index (χ3n) is 7.25. The van der Waals surface area contributed by atoms with Gasteiger partial charge < -0.3 is 9.80 Å². The van der Waals surface area contributed by atoms with Gasteiger partial charge in [0.25, 0.3) is 0 Å². The zero-order chi connectivity index (χ0) is 22.7. The van der Waals surface area contributed by atoms with E-state index in [9.17, 15) is 9.59 Å². The molecule has 32 heavy (non-hydrogen) atoms. The van der Waals surface area contributed by atoms with E-state index in [1.54, 1.807) is 0 Å². The Morgan fingerprint density at radius 1 is 1.09 bits per heavy atom. The van der Waals surface area contributed by atoms with Crippen LogP contribution >= 0.6 is 0 Å². The number of aromatic nitrogens is 2. The second-order valence-corrected chi connectivity index (χ2v) is 10.2. The Bertz CT molecular complexity index is 834. The number of hydrogen-bond acceptors (Lipinski definition) is 5. The third kappa shape index (κ3) is 5.30. The molecule has 1 atom stereocenters. The molecule has 0 saturated carbocycles. The van der Waals surface area contributed by atoms with Crippen molar-refractivity contribution in [3.8, 4) is 0 Å². The predicted octanol–water partition coefficient (Wildman–Crippen LogP) is 3.30. The number of carbonyl (C=O) groups excluding carboxylic acids is 2. The van der Waals surface area contributed by atoms with Crippen LogP contribution in [0.1, 0.15) is 81.8 Å². The summed E-state index contributed by atoms with van der Waals surface area (Å²) < 4.78 is 0. The van der Waals surface area contributed by atoms with Crippen molar-refractivity contribution in [1.29, 1.82) is 0 Å². The zero-order valence-electron chi connectivity index (χ0n) is 20.1. The van der Waals surface area contributed by atoms with Gasteiger partial charge in [0, 0.05) is 49.7 Å². The van der Waals surface area contributed by atoms with Crippen LogP contribution in [0.2, 0.25) is 0 Å². The van der Waals surface area contributed by atoms with Gasteiger partial charge in [0.1, 0.15) is 11.6 Å². The Morgan fingerprint density at radius 2 is 1.88 bits per heavy atom. The minimum Gasteiger partial charge on any atom is -0.342 e. The molecule has 0 aliphatic carbocycles. The average molecular weight is 442 g/mol. The van der Waals surface area contributed by atoms with Gasteiger partial charge in [-0.1, -0.05) is 13.8 Å². The van der Waals surface area contributed by atoms with Crippen LogP contribution in [0.25, 0.3) is 0 Å². The number of amides is 2. The molecule has 1 aromatic rings. The second-order valence-electron chi connectivity index (χ2n) is 10.2. The Labute approximate surface area is 192 Å². The van der Waals surface area contributed by atoms with Crippen LogP contribution in [0.3, 0.4) is 0 Å². The molecule has 7 heteroatoms. The Morgan fingerprint density at radius 3 is 2.62 bits per heavy atom. The molecule has 4 rings (SSSR count).